The van der Waals surface area contributed by atoms with Gasteiger partial charge in [0, 0.05) is 10.9 Å². The number of hydrogen-bond donors (Lipinski definition) is 2. The Balaban J connectivity index is 2.38. The first-order valence-electron chi connectivity index (χ1n) is 4.54. The number of halogens is 1. The van der Waals surface area contributed by atoms with Gasteiger partial charge in [-0.3, -0.25) is 4.79 Å². The Morgan fingerprint density at radius 1 is 1.60 bits per heavy atom. The SMILES string of the molecule is CC1Nc2c(Cl)cccc2SC1C(=O)O. The number of anilines is 1. The van der Waals surface area contributed by atoms with Gasteiger partial charge >= 0.3 is 5.97 Å². The van der Waals surface area contributed by atoms with Crippen LogP contribution in [-0.2, 0) is 4.79 Å². The van der Waals surface area contributed by atoms with Gasteiger partial charge in [-0.2, -0.15) is 0 Å². The zero-order valence-electron chi connectivity index (χ0n) is 8.03. The number of carboxylic acid groups (broad SMARTS) is 1. The fourth-order valence-corrected chi connectivity index (χ4v) is 2.92. The molecule has 1 aliphatic rings. The molecule has 0 aromatic heterocycles. The monoisotopic (exact) mass is 243 g/mol. The smallest absolute Gasteiger partial charge is 0.319 e. The summed E-state index contributed by atoms with van der Waals surface area (Å²) in [4.78, 5) is 11.9. The highest BCUT2D eigenvalue weighted by Crippen LogP contribution is 2.41. The molecule has 0 fully saturated rings. The molecule has 5 heteroatoms. The van der Waals surface area contributed by atoms with Crippen molar-refractivity contribution in [2.45, 2.75) is 23.1 Å². The van der Waals surface area contributed by atoms with Crippen LogP contribution in [0, 0.1) is 0 Å². The Hall–Kier alpha value is -0.870. The molecule has 1 aliphatic heterocycles. The average Bonchev–Trinajstić information content (AvgIpc) is 2.18. The van der Waals surface area contributed by atoms with Crippen LogP contribution in [0.15, 0.2) is 23.1 Å². The van der Waals surface area contributed by atoms with Gasteiger partial charge in [0.05, 0.1) is 10.7 Å². The number of nitrogens with one attached hydrogen (secondary N) is 1. The summed E-state index contributed by atoms with van der Waals surface area (Å²) in [5.41, 5.74) is 0.842. The standard InChI is InChI=1S/C10H10ClNO2S/c1-5-9(10(13)14)15-7-4-2-3-6(11)8(7)12-5/h2-5,9,12H,1H3,(H,13,14). The molecule has 0 aliphatic carbocycles. The molecular formula is C10H10ClNO2S. The van der Waals surface area contributed by atoms with Crippen molar-refractivity contribution in [3.8, 4) is 0 Å². The highest BCUT2D eigenvalue weighted by Gasteiger charge is 2.31. The van der Waals surface area contributed by atoms with Crippen LogP contribution in [0.5, 0.6) is 0 Å². The summed E-state index contributed by atoms with van der Waals surface area (Å²) in [5, 5.41) is 12.3. The second-order valence-corrected chi connectivity index (χ2v) is 5.01. The van der Waals surface area contributed by atoms with E-state index >= 15 is 0 Å². The maximum Gasteiger partial charge on any atom is 0.319 e. The van der Waals surface area contributed by atoms with Crippen molar-refractivity contribution in [3.63, 3.8) is 0 Å². The Labute approximate surface area is 96.8 Å². The number of aliphatic carboxylic acids is 1. The number of carboxylic acids is 1. The van der Waals surface area contributed by atoms with Crippen molar-refractivity contribution in [2.24, 2.45) is 0 Å². The second-order valence-electron chi connectivity index (χ2n) is 3.42. The summed E-state index contributed by atoms with van der Waals surface area (Å²) in [6, 6.07) is 5.37. The number of para-hydroxylation sites is 1. The molecule has 3 nitrogen and oxygen atoms in total. The van der Waals surface area contributed by atoms with Gasteiger partial charge in [0.2, 0.25) is 0 Å². The van der Waals surface area contributed by atoms with Crippen LogP contribution in [-0.4, -0.2) is 22.4 Å². The lowest BCUT2D eigenvalue weighted by atomic mass is 10.2. The van der Waals surface area contributed by atoms with Crippen molar-refractivity contribution in [3.05, 3.63) is 23.2 Å². The highest BCUT2D eigenvalue weighted by atomic mass is 35.5. The van der Waals surface area contributed by atoms with E-state index in [1.54, 1.807) is 6.07 Å². The Morgan fingerprint density at radius 3 is 3.00 bits per heavy atom. The number of hydrogen-bond acceptors (Lipinski definition) is 3. The van der Waals surface area contributed by atoms with Gasteiger partial charge in [-0.15, -0.1) is 11.8 Å². The summed E-state index contributed by atoms with van der Waals surface area (Å²) < 4.78 is 0. The van der Waals surface area contributed by atoms with E-state index in [1.807, 2.05) is 19.1 Å². The lowest BCUT2D eigenvalue weighted by Crippen LogP contribution is -2.37. The molecule has 0 bridgehead atoms. The minimum Gasteiger partial charge on any atom is -0.480 e. The normalized spacial score (nSPS) is 24.1. The minimum absolute atomic E-state index is 0.125. The van der Waals surface area contributed by atoms with E-state index in [0.29, 0.717) is 5.02 Å². The maximum atomic E-state index is 11.0. The first-order valence-corrected chi connectivity index (χ1v) is 5.80. The van der Waals surface area contributed by atoms with Crippen molar-refractivity contribution in [1.82, 2.24) is 0 Å². The van der Waals surface area contributed by atoms with E-state index in [1.165, 1.54) is 11.8 Å². The lowest BCUT2D eigenvalue weighted by Gasteiger charge is -2.29. The van der Waals surface area contributed by atoms with Gasteiger partial charge in [-0.1, -0.05) is 17.7 Å². The molecule has 0 radical (unpaired) electrons. The quantitative estimate of drug-likeness (QED) is 0.796. The molecule has 1 aromatic rings. The van der Waals surface area contributed by atoms with Crippen molar-refractivity contribution in [2.75, 3.05) is 5.32 Å². The van der Waals surface area contributed by atoms with Gasteiger partial charge in [-0.25, -0.2) is 0 Å². The largest absolute Gasteiger partial charge is 0.480 e. The Bertz CT molecular complexity index is 410. The molecule has 0 saturated heterocycles. The molecule has 2 rings (SSSR count). The maximum absolute atomic E-state index is 11.0. The number of carbonyl (C=O) groups is 1. The van der Waals surface area contributed by atoms with E-state index in [-0.39, 0.29) is 6.04 Å². The first kappa shape index (κ1) is 10.6. The second kappa shape index (κ2) is 3.94. The van der Waals surface area contributed by atoms with Crippen LogP contribution in [0.1, 0.15) is 6.92 Å². The third kappa shape index (κ3) is 1.92. The van der Waals surface area contributed by atoms with Gasteiger partial charge in [0.1, 0.15) is 5.25 Å². The minimum atomic E-state index is -0.800. The fraction of sp³-hybridized carbons (Fsp3) is 0.300. The van der Waals surface area contributed by atoms with Crippen molar-refractivity contribution >= 4 is 35.0 Å². The van der Waals surface area contributed by atoms with Crippen LogP contribution in [0.3, 0.4) is 0 Å². The zero-order valence-corrected chi connectivity index (χ0v) is 9.60. The third-order valence-corrected chi connectivity index (χ3v) is 4.07. The summed E-state index contributed by atoms with van der Waals surface area (Å²) in [5.74, 6) is -0.800. The summed E-state index contributed by atoms with van der Waals surface area (Å²) in [7, 11) is 0. The van der Waals surface area contributed by atoms with Crippen LogP contribution in [0.4, 0.5) is 5.69 Å². The van der Waals surface area contributed by atoms with E-state index in [4.69, 9.17) is 16.7 Å². The number of rotatable bonds is 1. The van der Waals surface area contributed by atoms with Crippen LogP contribution in [0.2, 0.25) is 5.02 Å². The van der Waals surface area contributed by atoms with Crippen molar-refractivity contribution in [1.29, 1.82) is 0 Å². The van der Waals surface area contributed by atoms with Gasteiger partial charge in [0.15, 0.2) is 0 Å². The molecule has 2 unspecified atom stereocenters. The summed E-state index contributed by atoms with van der Waals surface area (Å²) in [6.45, 7) is 1.85. The number of fused-ring (bicyclic) bond motifs is 1. The fourth-order valence-electron chi connectivity index (χ4n) is 1.55. The van der Waals surface area contributed by atoms with Gasteiger partial charge < -0.3 is 10.4 Å². The number of benzene rings is 1. The Kier molecular flexibility index (Phi) is 2.80. The van der Waals surface area contributed by atoms with Crippen LogP contribution in [0.25, 0.3) is 0 Å². The topological polar surface area (TPSA) is 49.3 Å². The Morgan fingerprint density at radius 2 is 2.33 bits per heavy atom. The molecule has 2 atom stereocenters. The summed E-state index contributed by atoms with van der Waals surface area (Å²) >= 11 is 7.35. The highest BCUT2D eigenvalue weighted by molar-refractivity contribution is 8.01. The molecule has 1 heterocycles. The number of thioether (sulfide) groups is 1. The van der Waals surface area contributed by atoms with E-state index in [0.717, 1.165) is 10.6 Å². The predicted molar refractivity (Wildman–Crippen MR) is 61.8 cm³/mol. The zero-order chi connectivity index (χ0) is 11.0. The molecule has 0 spiro atoms. The van der Waals surface area contributed by atoms with Crippen LogP contribution >= 0.6 is 23.4 Å². The van der Waals surface area contributed by atoms with E-state index in [2.05, 4.69) is 5.32 Å². The first-order chi connectivity index (χ1) is 7.09. The molecule has 15 heavy (non-hydrogen) atoms. The van der Waals surface area contributed by atoms with Gasteiger partial charge in [0.25, 0.3) is 0 Å². The molecular weight excluding hydrogens is 234 g/mol. The van der Waals surface area contributed by atoms with Crippen molar-refractivity contribution < 1.29 is 9.90 Å². The molecule has 1 aromatic carbocycles. The van der Waals surface area contributed by atoms with E-state index in [9.17, 15) is 4.79 Å². The lowest BCUT2D eigenvalue weighted by molar-refractivity contribution is -0.136. The molecule has 0 amide bonds. The summed E-state index contributed by atoms with van der Waals surface area (Å²) in [6.07, 6.45) is 0. The average molecular weight is 244 g/mol. The third-order valence-electron chi connectivity index (χ3n) is 2.30. The molecule has 2 N–H and O–H groups in total. The predicted octanol–water partition coefficient (Wildman–Crippen LogP) is 2.70. The van der Waals surface area contributed by atoms with Gasteiger partial charge in [-0.05, 0) is 19.1 Å². The van der Waals surface area contributed by atoms with Crippen LogP contribution < -0.4 is 5.32 Å². The molecule has 0 saturated carbocycles. The molecule has 80 valence electrons. The van der Waals surface area contributed by atoms with E-state index < -0.39 is 11.2 Å².